The lowest BCUT2D eigenvalue weighted by Gasteiger charge is -2.11. The van der Waals surface area contributed by atoms with Gasteiger partial charge in [-0.1, -0.05) is 47.1 Å². The lowest BCUT2D eigenvalue weighted by molar-refractivity contribution is -0.113. The number of ether oxygens (including phenoxy) is 2. The fourth-order valence-electron chi connectivity index (χ4n) is 2.64. The fourth-order valence-corrected chi connectivity index (χ4v) is 3.80. The molecule has 0 saturated heterocycles. The first-order valence-corrected chi connectivity index (χ1v) is 10.8. The van der Waals surface area contributed by atoms with Crippen molar-refractivity contribution in [1.82, 2.24) is 14.8 Å². The van der Waals surface area contributed by atoms with Gasteiger partial charge in [-0.3, -0.25) is 4.79 Å². The maximum atomic E-state index is 12.3. The molecule has 30 heavy (non-hydrogen) atoms. The molecule has 1 N–H and O–H groups in total. The summed E-state index contributed by atoms with van der Waals surface area (Å²) in [6.45, 7) is 2.78. The van der Waals surface area contributed by atoms with Crippen molar-refractivity contribution < 1.29 is 14.3 Å². The van der Waals surface area contributed by atoms with Crippen molar-refractivity contribution in [3.05, 3.63) is 58.3 Å². The third-order valence-corrected chi connectivity index (χ3v) is 5.59. The Morgan fingerprint density at radius 1 is 1.17 bits per heavy atom. The molecule has 0 atom stereocenters. The molecule has 158 valence electrons. The van der Waals surface area contributed by atoms with Gasteiger partial charge in [0.25, 0.3) is 0 Å². The summed E-state index contributed by atoms with van der Waals surface area (Å²) in [5, 5.41) is 12.8. The molecule has 3 rings (SSSR count). The third kappa shape index (κ3) is 5.59. The molecular weight excluding hydrogens is 447 g/mol. The van der Waals surface area contributed by atoms with E-state index in [1.165, 1.54) is 11.8 Å². The zero-order chi connectivity index (χ0) is 21.5. The summed E-state index contributed by atoms with van der Waals surface area (Å²) in [6, 6.07) is 12.3. The first-order chi connectivity index (χ1) is 14.5. The number of aromatic nitrogens is 3. The molecule has 0 saturated carbocycles. The van der Waals surface area contributed by atoms with Crippen LogP contribution in [0.4, 0.5) is 5.69 Å². The standard InChI is InChI=1S/C20H20Cl2N4O3S/c1-3-26-18(11-29-17-10-13(21)8-9-14(17)22)24-25-20(26)30-12-19(27)23-15-6-4-5-7-16(15)28-2/h4-10H,3,11-12H2,1-2H3,(H,23,27). The van der Waals surface area contributed by atoms with Gasteiger partial charge in [0.2, 0.25) is 5.91 Å². The van der Waals surface area contributed by atoms with Gasteiger partial charge in [-0.2, -0.15) is 0 Å². The number of nitrogens with zero attached hydrogens (tertiary/aromatic N) is 3. The number of thioether (sulfide) groups is 1. The Kier molecular flexibility index (Phi) is 7.84. The number of hydrogen-bond acceptors (Lipinski definition) is 6. The van der Waals surface area contributed by atoms with E-state index in [0.29, 0.717) is 44.8 Å². The quantitative estimate of drug-likeness (QED) is 0.450. The van der Waals surface area contributed by atoms with Gasteiger partial charge >= 0.3 is 0 Å². The molecule has 0 spiro atoms. The maximum absolute atomic E-state index is 12.3. The van der Waals surface area contributed by atoms with Crippen LogP contribution in [-0.2, 0) is 17.9 Å². The predicted molar refractivity (Wildman–Crippen MR) is 119 cm³/mol. The Morgan fingerprint density at radius 3 is 2.73 bits per heavy atom. The van der Waals surface area contributed by atoms with Crippen molar-refractivity contribution in [2.45, 2.75) is 25.2 Å². The molecule has 0 unspecified atom stereocenters. The van der Waals surface area contributed by atoms with Crippen molar-refractivity contribution >= 4 is 46.6 Å². The normalized spacial score (nSPS) is 10.7. The van der Waals surface area contributed by atoms with Crippen molar-refractivity contribution in [3.63, 3.8) is 0 Å². The van der Waals surface area contributed by atoms with Crippen LogP contribution in [-0.4, -0.2) is 33.5 Å². The number of benzene rings is 2. The van der Waals surface area contributed by atoms with E-state index in [-0.39, 0.29) is 18.3 Å². The molecule has 3 aromatic rings. The molecule has 0 aliphatic heterocycles. The van der Waals surface area contributed by atoms with Crippen LogP contribution in [0.3, 0.4) is 0 Å². The van der Waals surface area contributed by atoms with E-state index in [1.54, 1.807) is 37.4 Å². The number of halogens is 2. The second-order valence-electron chi connectivity index (χ2n) is 6.04. The number of hydrogen-bond donors (Lipinski definition) is 1. The molecule has 0 fully saturated rings. The van der Waals surface area contributed by atoms with E-state index >= 15 is 0 Å². The maximum Gasteiger partial charge on any atom is 0.234 e. The minimum absolute atomic E-state index is 0.168. The average Bonchev–Trinajstić information content (AvgIpc) is 3.15. The summed E-state index contributed by atoms with van der Waals surface area (Å²) in [5.41, 5.74) is 0.620. The Hall–Kier alpha value is -2.42. The summed E-state index contributed by atoms with van der Waals surface area (Å²) in [4.78, 5) is 12.3. The predicted octanol–water partition coefficient (Wildman–Crippen LogP) is 4.92. The Morgan fingerprint density at radius 2 is 1.97 bits per heavy atom. The number of carbonyl (C=O) groups is 1. The van der Waals surface area contributed by atoms with Gasteiger partial charge in [-0.05, 0) is 31.2 Å². The molecule has 0 bridgehead atoms. The highest BCUT2D eigenvalue weighted by Crippen LogP contribution is 2.29. The number of para-hydroxylation sites is 2. The zero-order valence-electron chi connectivity index (χ0n) is 16.4. The van der Waals surface area contributed by atoms with Crippen LogP contribution >= 0.6 is 35.0 Å². The molecule has 7 nitrogen and oxygen atoms in total. The van der Waals surface area contributed by atoms with Crippen molar-refractivity contribution in [2.24, 2.45) is 0 Å². The number of nitrogens with one attached hydrogen (secondary N) is 1. The van der Waals surface area contributed by atoms with Gasteiger partial charge in [0, 0.05) is 17.6 Å². The molecule has 1 amide bonds. The van der Waals surface area contributed by atoms with Gasteiger partial charge in [0.05, 0.1) is 23.6 Å². The second-order valence-corrected chi connectivity index (χ2v) is 7.83. The summed E-state index contributed by atoms with van der Waals surface area (Å²) >= 11 is 13.4. The van der Waals surface area contributed by atoms with Crippen LogP contribution in [0, 0.1) is 0 Å². The topological polar surface area (TPSA) is 78.3 Å². The van der Waals surface area contributed by atoms with E-state index in [4.69, 9.17) is 32.7 Å². The van der Waals surface area contributed by atoms with Crippen LogP contribution in [0.2, 0.25) is 10.0 Å². The molecule has 0 aliphatic carbocycles. The highest BCUT2D eigenvalue weighted by atomic mass is 35.5. The number of methoxy groups -OCH3 is 1. The van der Waals surface area contributed by atoms with Crippen molar-refractivity contribution in [3.8, 4) is 11.5 Å². The van der Waals surface area contributed by atoms with E-state index in [1.807, 2.05) is 23.6 Å². The number of rotatable bonds is 9. The minimum Gasteiger partial charge on any atom is -0.495 e. The number of carbonyl (C=O) groups excluding carboxylic acids is 1. The Balaban J connectivity index is 1.61. The van der Waals surface area contributed by atoms with Crippen LogP contribution in [0.25, 0.3) is 0 Å². The second kappa shape index (κ2) is 10.6. The highest BCUT2D eigenvalue weighted by Gasteiger charge is 2.15. The lowest BCUT2D eigenvalue weighted by Crippen LogP contribution is -2.15. The van der Waals surface area contributed by atoms with Gasteiger partial charge in [-0.25, -0.2) is 0 Å². The molecule has 10 heteroatoms. The number of amides is 1. The minimum atomic E-state index is -0.168. The molecule has 2 aromatic carbocycles. The van der Waals surface area contributed by atoms with Crippen LogP contribution in [0.15, 0.2) is 47.6 Å². The summed E-state index contributed by atoms with van der Waals surface area (Å²) in [5.74, 6) is 1.71. The highest BCUT2D eigenvalue weighted by molar-refractivity contribution is 7.99. The SMILES string of the molecule is CCn1c(COc2cc(Cl)ccc2Cl)nnc1SCC(=O)Nc1ccccc1OC. The van der Waals surface area contributed by atoms with Crippen LogP contribution in [0.1, 0.15) is 12.7 Å². The van der Waals surface area contributed by atoms with Crippen LogP contribution in [0.5, 0.6) is 11.5 Å². The summed E-state index contributed by atoms with van der Waals surface area (Å²) < 4.78 is 12.9. The third-order valence-electron chi connectivity index (χ3n) is 4.07. The monoisotopic (exact) mass is 466 g/mol. The summed E-state index contributed by atoms with van der Waals surface area (Å²) in [7, 11) is 1.56. The lowest BCUT2D eigenvalue weighted by atomic mass is 10.3. The summed E-state index contributed by atoms with van der Waals surface area (Å²) in [6.07, 6.45) is 0. The molecule has 0 radical (unpaired) electrons. The van der Waals surface area contributed by atoms with E-state index in [9.17, 15) is 4.79 Å². The fraction of sp³-hybridized carbons (Fsp3) is 0.250. The smallest absolute Gasteiger partial charge is 0.234 e. The van der Waals surface area contributed by atoms with Crippen LogP contribution < -0.4 is 14.8 Å². The van der Waals surface area contributed by atoms with Gasteiger partial charge < -0.3 is 19.4 Å². The zero-order valence-corrected chi connectivity index (χ0v) is 18.7. The molecular formula is C20H20Cl2N4O3S. The first kappa shape index (κ1) is 22.3. The Labute approximate surface area is 188 Å². The molecule has 1 aromatic heterocycles. The average molecular weight is 467 g/mol. The van der Waals surface area contributed by atoms with E-state index in [0.717, 1.165) is 0 Å². The van der Waals surface area contributed by atoms with E-state index < -0.39 is 0 Å². The number of anilines is 1. The van der Waals surface area contributed by atoms with Crippen molar-refractivity contribution in [1.29, 1.82) is 0 Å². The Bertz CT molecular complexity index is 1030. The largest absolute Gasteiger partial charge is 0.495 e. The van der Waals surface area contributed by atoms with Gasteiger partial charge in [0.15, 0.2) is 11.0 Å². The first-order valence-electron chi connectivity index (χ1n) is 9.07. The van der Waals surface area contributed by atoms with E-state index in [2.05, 4.69) is 15.5 Å². The molecule has 1 heterocycles. The van der Waals surface area contributed by atoms with Gasteiger partial charge in [0.1, 0.15) is 18.1 Å². The molecule has 0 aliphatic rings. The van der Waals surface area contributed by atoms with Crippen molar-refractivity contribution in [2.75, 3.05) is 18.2 Å². The van der Waals surface area contributed by atoms with Gasteiger partial charge in [-0.15, -0.1) is 10.2 Å².